The zero-order valence-electron chi connectivity index (χ0n) is 15.8. The number of anilines is 1. The highest BCUT2D eigenvalue weighted by molar-refractivity contribution is 6.00. The van der Waals surface area contributed by atoms with Gasteiger partial charge in [0.1, 0.15) is 6.04 Å². The van der Waals surface area contributed by atoms with Crippen LogP contribution in [0, 0.1) is 17.2 Å². The molecule has 1 aromatic rings. The summed E-state index contributed by atoms with van der Waals surface area (Å²) in [6.45, 7) is 5.14. The molecular formula is C21H24N4O3. The van der Waals surface area contributed by atoms with Gasteiger partial charge in [-0.15, -0.1) is 0 Å². The quantitative estimate of drug-likeness (QED) is 0.803. The van der Waals surface area contributed by atoms with Crippen LogP contribution in [0.2, 0.25) is 0 Å². The molecule has 2 saturated heterocycles. The molecule has 2 fully saturated rings. The molecule has 7 nitrogen and oxygen atoms in total. The van der Waals surface area contributed by atoms with Crippen molar-refractivity contribution in [1.82, 2.24) is 10.2 Å². The van der Waals surface area contributed by atoms with Crippen LogP contribution in [0.4, 0.5) is 5.69 Å². The van der Waals surface area contributed by atoms with Crippen LogP contribution in [-0.4, -0.2) is 48.3 Å². The number of hydrogen-bond acceptors (Lipinski definition) is 4. The molecule has 2 aliphatic heterocycles. The SMILES string of the molecule is C=CC(=O)N1CCC(C(=O)NC2CCCN(c3ccc(C#N)cc3)C2=O)CC1. The van der Waals surface area contributed by atoms with Crippen molar-refractivity contribution in [2.24, 2.45) is 5.92 Å². The third-order valence-electron chi connectivity index (χ3n) is 5.42. The summed E-state index contributed by atoms with van der Waals surface area (Å²) in [7, 11) is 0. The molecule has 0 spiro atoms. The van der Waals surface area contributed by atoms with Gasteiger partial charge in [-0.25, -0.2) is 0 Å². The lowest BCUT2D eigenvalue weighted by Crippen LogP contribution is -2.54. The fourth-order valence-electron chi connectivity index (χ4n) is 3.76. The molecule has 3 amide bonds. The van der Waals surface area contributed by atoms with Crippen molar-refractivity contribution >= 4 is 23.4 Å². The van der Waals surface area contributed by atoms with E-state index in [0.29, 0.717) is 44.5 Å². The number of benzene rings is 1. The van der Waals surface area contributed by atoms with Gasteiger partial charge in [0, 0.05) is 31.2 Å². The largest absolute Gasteiger partial charge is 0.344 e. The number of carbonyl (C=O) groups is 3. The first-order valence-corrected chi connectivity index (χ1v) is 9.56. The first kappa shape index (κ1) is 19.6. The van der Waals surface area contributed by atoms with Crippen LogP contribution in [0.25, 0.3) is 0 Å². The highest BCUT2D eigenvalue weighted by atomic mass is 16.2. The number of nitriles is 1. The van der Waals surface area contributed by atoms with Gasteiger partial charge in [0.2, 0.25) is 17.7 Å². The van der Waals surface area contributed by atoms with Gasteiger partial charge in [-0.05, 0) is 56.0 Å². The third-order valence-corrected chi connectivity index (χ3v) is 5.42. The van der Waals surface area contributed by atoms with E-state index in [1.807, 2.05) is 0 Å². The van der Waals surface area contributed by atoms with Gasteiger partial charge >= 0.3 is 0 Å². The molecule has 28 heavy (non-hydrogen) atoms. The first-order valence-electron chi connectivity index (χ1n) is 9.56. The standard InChI is InChI=1S/C21H24N4O3/c1-2-19(26)24-12-9-16(10-13-24)20(27)23-18-4-3-11-25(21(18)28)17-7-5-15(14-22)6-8-17/h2,5-8,16,18H,1,3-4,9-13H2,(H,23,27). The van der Waals surface area contributed by atoms with Crippen LogP contribution >= 0.6 is 0 Å². The summed E-state index contributed by atoms with van der Waals surface area (Å²) >= 11 is 0. The normalized spacial score (nSPS) is 20.4. The number of carbonyl (C=O) groups excluding carboxylic acids is 3. The Hall–Kier alpha value is -3.14. The minimum Gasteiger partial charge on any atom is -0.344 e. The van der Waals surface area contributed by atoms with E-state index in [1.165, 1.54) is 6.08 Å². The van der Waals surface area contributed by atoms with Crippen molar-refractivity contribution in [2.75, 3.05) is 24.5 Å². The average Bonchev–Trinajstić information content (AvgIpc) is 2.75. The maximum Gasteiger partial charge on any atom is 0.249 e. The van der Waals surface area contributed by atoms with Crippen LogP contribution in [0.1, 0.15) is 31.2 Å². The van der Waals surface area contributed by atoms with E-state index in [9.17, 15) is 14.4 Å². The number of rotatable bonds is 4. The number of nitrogens with one attached hydrogen (secondary N) is 1. The van der Waals surface area contributed by atoms with Gasteiger partial charge in [0.15, 0.2) is 0 Å². The molecule has 0 saturated carbocycles. The number of hydrogen-bond donors (Lipinski definition) is 1. The van der Waals surface area contributed by atoms with Gasteiger partial charge in [-0.1, -0.05) is 6.58 Å². The van der Waals surface area contributed by atoms with E-state index in [4.69, 9.17) is 5.26 Å². The summed E-state index contributed by atoms with van der Waals surface area (Å²) in [5.41, 5.74) is 1.28. The predicted octanol–water partition coefficient (Wildman–Crippen LogP) is 1.59. The number of amides is 3. The lowest BCUT2D eigenvalue weighted by Gasteiger charge is -2.35. The molecule has 0 bridgehead atoms. The van der Waals surface area contributed by atoms with Gasteiger partial charge < -0.3 is 15.1 Å². The fraction of sp³-hybridized carbons (Fsp3) is 0.429. The van der Waals surface area contributed by atoms with Gasteiger partial charge in [0.05, 0.1) is 11.6 Å². The molecule has 146 valence electrons. The second-order valence-corrected chi connectivity index (χ2v) is 7.16. The molecule has 7 heteroatoms. The molecule has 0 aromatic heterocycles. The van der Waals surface area contributed by atoms with Crippen LogP contribution < -0.4 is 10.2 Å². The molecule has 1 unspecified atom stereocenters. The van der Waals surface area contributed by atoms with Gasteiger partial charge in [-0.3, -0.25) is 14.4 Å². The van der Waals surface area contributed by atoms with Crippen molar-refractivity contribution in [3.05, 3.63) is 42.5 Å². The third kappa shape index (κ3) is 4.22. The summed E-state index contributed by atoms with van der Waals surface area (Å²) in [6.07, 6.45) is 3.88. The number of piperidine rings is 2. The van der Waals surface area contributed by atoms with Crippen molar-refractivity contribution in [1.29, 1.82) is 5.26 Å². The molecule has 3 rings (SSSR count). The zero-order chi connectivity index (χ0) is 20.1. The summed E-state index contributed by atoms with van der Waals surface area (Å²) in [4.78, 5) is 40.5. The fourth-order valence-corrected chi connectivity index (χ4v) is 3.76. The minimum atomic E-state index is -0.537. The number of nitrogens with zero attached hydrogens (tertiary/aromatic N) is 3. The molecule has 1 aromatic carbocycles. The summed E-state index contributed by atoms with van der Waals surface area (Å²) in [5.74, 6) is -0.541. The van der Waals surface area contributed by atoms with E-state index in [2.05, 4.69) is 18.0 Å². The Morgan fingerprint density at radius 1 is 1.14 bits per heavy atom. The minimum absolute atomic E-state index is 0.112. The maximum absolute atomic E-state index is 12.9. The second kappa shape index (κ2) is 8.70. The summed E-state index contributed by atoms with van der Waals surface area (Å²) < 4.78 is 0. The smallest absolute Gasteiger partial charge is 0.249 e. The van der Waals surface area contributed by atoms with Crippen LogP contribution in [0.5, 0.6) is 0 Å². The Kier molecular flexibility index (Phi) is 6.09. The molecule has 1 atom stereocenters. The summed E-state index contributed by atoms with van der Waals surface area (Å²) in [6, 6.07) is 8.41. The van der Waals surface area contributed by atoms with Crippen molar-refractivity contribution in [3.63, 3.8) is 0 Å². The highest BCUT2D eigenvalue weighted by Gasteiger charge is 2.33. The van der Waals surface area contributed by atoms with E-state index in [0.717, 1.165) is 12.1 Å². The predicted molar refractivity (Wildman–Crippen MR) is 104 cm³/mol. The summed E-state index contributed by atoms with van der Waals surface area (Å²) in [5, 5.41) is 11.8. The highest BCUT2D eigenvalue weighted by Crippen LogP contribution is 2.23. The Bertz CT molecular complexity index is 804. The Morgan fingerprint density at radius 2 is 1.82 bits per heavy atom. The van der Waals surface area contributed by atoms with Crippen LogP contribution in [-0.2, 0) is 14.4 Å². The van der Waals surface area contributed by atoms with Gasteiger partial charge in [-0.2, -0.15) is 5.26 Å². The van der Waals surface area contributed by atoms with E-state index >= 15 is 0 Å². The Balaban J connectivity index is 1.58. The van der Waals surface area contributed by atoms with Gasteiger partial charge in [0.25, 0.3) is 0 Å². The van der Waals surface area contributed by atoms with Crippen molar-refractivity contribution in [2.45, 2.75) is 31.7 Å². The average molecular weight is 380 g/mol. The molecule has 2 aliphatic rings. The lowest BCUT2D eigenvalue weighted by atomic mass is 9.94. The Morgan fingerprint density at radius 3 is 2.43 bits per heavy atom. The molecular weight excluding hydrogens is 356 g/mol. The topological polar surface area (TPSA) is 93.5 Å². The first-order chi connectivity index (χ1) is 13.5. The molecule has 1 N–H and O–H groups in total. The lowest BCUT2D eigenvalue weighted by molar-refractivity contribution is -0.134. The van der Waals surface area contributed by atoms with Crippen molar-refractivity contribution < 1.29 is 14.4 Å². The Labute approximate surface area is 164 Å². The second-order valence-electron chi connectivity index (χ2n) is 7.16. The molecule has 2 heterocycles. The van der Waals surface area contributed by atoms with Crippen LogP contribution in [0.3, 0.4) is 0 Å². The molecule has 0 radical (unpaired) electrons. The zero-order valence-corrected chi connectivity index (χ0v) is 15.8. The maximum atomic E-state index is 12.9. The van der Waals surface area contributed by atoms with E-state index in [-0.39, 0.29) is 23.6 Å². The van der Waals surface area contributed by atoms with Crippen LogP contribution in [0.15, 0.2) is 36.9 Å². The number of likely N-dealkylation sites (tertiary alicyclic amines) is 1. The monoisotopic (exact) mass is 380 g/mol. The van der Waals surface area contributed by atoms with E-state index in [1.54, 1.807) is 34.1 Å². The van der Waals surface area contributed by atoms with E-state index < -0.39 is 6.04 Å². The van der Waals surface area contributed by atoms with Crippen molar-refractivity contribution in [3.8, 4) is 6.07 Å². The molecule has 0 aliphatic carbocycles.